The molecule has 2 N–H and O–H groups in total. The number of piperidine rings is 1. The molecule has 98 valence electrons. The van der Waals surface area contributed by atoms with Gasteiger partial charge in [0, 0.05) is 13.1 Å². The molecule has 18 heavy (non-hydrogen) atoms. The second kappa shape index (κ2) is 5.54. The summed E-state index contributed by atoms with van der Waals surface area (Å²) in [6.45, 7) is 0.832. The largest absolute Gasteiger partial charge is 0.391 e. The molecule has 1 aromatic rings. The van der Waals surface area contributed by atoms with Crippen LogP contribution in [0.25, 0.3) is 0 Å². The Bertz CT molecular complexity index is 456. The number of urea groups is 1. The van der Waals surface area contributed by atoms with Crippen LogP contribution in [-0.4, -0.2) is 35.2 Å². The van der Waals surface area contributed by atoms with Crippen LogP contribution in [0.5, 0.6) is 0 Å². The molecule has 0 unspecified atom stereocenters. The van der Waals surface area contributed by atoms with Crippen LogP contribution in [0.4, 0.5) is 14.9 Å². The second-order valence-electron chi connectivity index (χ2n) is 4.27. The zero-order valence-electron chi connectivity index (χ0n) is 9.70. The number of anilines is 1. The van der Waals surface area contributed by atoms with Gasteiger partial charge in [0.1, 0.15) is 0 Å². The third-order valence-corrected chi connectivity index (χ3v) is 3.17. The van der Waals surface area contributed by atoms with Crippen molar-refractivity contribution < 1.29 is 14.3 Å². The Labute approximate surface area is 109 Å². The van der Waals surface area contributed by atoms with Gasteiger partial charge >= 0.3 is 6.03 Å². The lowest BCUT2D eigenvalue weighted by Crippen LogP contribution is -2.44. The van der Waals surface area contributed by atoms with Crippen molar-refractivity contribution in [1.29, 1.82) is 0 Å². The van der Waals surface area contributed by atoms with Crippen molar-refractivity contribution in [3.63, 3.8) is 0 Å². The van der Waals surface area contributed by atoms with Crippen LogP contribution in [0.1, 0.15) is 12.8 Å². The highest BCUT2D eigenvalue weighted by atomic mass is 35.5. The van der Waals surface area contributed by atoms with E-state index >= 15 is 0 Å². The molecule has 0 aliphatic carbocycles. The number of benzene rings is 1. The topological polar surface area (TPSA) is 52.6 Å². The fourth-order valence-corrected chi connectivity index (χ4v) is 2.11. The maximum atomic E-state index is 13.6. The van der Waals surface area contributed by atoms with Crippen molar-refractivity contribution in [2.24, 2.45) is 0 Å². The average Bonchev–Trinajstić information content (AvgIpc) is 2.35. The summed E-state index contributed by atoms with van der Waals surface area (Å²) >= 11 is 5.63. The molecule has 1 heterocycles. The minimum atomic E-state index is -0.648. The Balaban J connectivity index is 2.04. The molecule has 0 spiro atoms. The molecule has 1 aliphatic rings. The van der Waals surface area contributed by atoms with Crippen molar-refractivity contribution in [3.05, 3.63) is 29.0 Å². The number of likely N-dealkylation sites (tertiary alicyclic amines) is 1. The van der Waals surface area contributed by atoms with Gasteiger partial charge in [-0.05, 0) is 25.0 Å². The zero-order chi connectivity index (χ0) is 13.1. The summed E-state index contributed by atoms with van der Waals surface area (Å²) in [6.07, 6.45) is 0.927. The summed E-state index contributed by atoms with van der Waals surface area (Å²) in [5, 5.41) is 11.9. The van der Waals surface area contributed by atoms with E-state index in [4.69, 9.17) is 11.6 Å². The Morgan fingerprint density at radius 3 is 3.06 bits per heavy atom. The van der Waals surface area contributed by atoms with Crippen molar-refractivity contribution in [1.82, 2.24) is 4.90 Å². The summed E-state index contributed by atoms with van der Waals surface area (Å²) in [6, 6.07) is 4.00. The van der Waals surface area contributed by atoms with E-state index in [9.17, 15) is 14.3 Å². The molecule has 0 aromatic heterocycles. The van der Waals surface area contributed by atoms with Gasteiger partial charge < -0.3 is 15.3 Å². The number of nitrogens with zero attached hydrogens (tertiary/aromatic N) is 1. The fourth-order valence-electron chi connectivity index (χ4n) is 1.93. The number of hydrogen-bond donors (Lipinski definition) is 2. The highest BCUT2D eigenvalue weighted by molar-refractivity contribution is 6.31. The third-order valence-electron chi connectivity index (χ3n) is 2.88. The second-order valence-corrected chi connectivity index (χ2v) is 4.68. The summed E-state index contributed by atoms with van der Waals surface area (Å²) < 4.78 is 13.6. The van der Waals surface area contributed by atoms with Crippen LogP contribution >= 0.6 is 11.6 Å². The van der Waals surface area contributed by atoms with Gasteiger partial charge in [-0.15, -0.1) is 0 Å². The van der Waals surface area contributed by atoms with Crippen molar-refractivity contribution in [2.45, 2.75) is 18.9 Å². The molecule has 1 saturated heterocycles. The minimum Gasteiger partial charge on any atom is -0.391 e. The number of carbonyl (C=O) groups is 1. The summed E-state index contributed by atoms with van der Waals surface area (Å²) in [5.74, 6) is -0.648. The number of carbonyl (C=O) groups excluding carboxylic acids is 1. The Morgan fingerprint density at radius 1 is 1.56 bits per heavy atom. The molecule has 6 heteroatoms. The van der Waals surface area contributed by atoms with Gasteiger partial charge in [-0.1, -0.05) is 17.7 Å². The van der Waals surface area contributed by atoms with Gasteiger partial charge in [0.15, 0.2) is 5.82 Å². The highest BCUT2D eigenvalue weighted by Gasteiger charge is 2.22. The summed E-state index contributed by atoms with van der Waals surface area (Å²) in [4.78, 5) is 13.3. The lowest BCUT2D eigenvalue weighted by atomic mass is 10.1. The molecule has 1 aromatic carbocycles. The van der Waals surface area contributed by atoms with E-state index in [1.54, 1.807) is 6.07 Å². The van der Waals surface area contributed by atoms with Crippen molar-refractivity contribution in [2.75, 3.05) is 18.4 Å². The summed E-state index contributed by atoms with van der Waals surface area (Å²) in [7, 11) is 0. The van der Waals surface area contributed by atoms with Crippen LogP contribution in [0.3, 0.4) is 0 Å². The number of hydrogen-bond acceptors (Lipinski definition) is 2. The molecule has 1 aliphatic heterocycles. The van der Waals surface area contributed by atoms with E-state index in [-0.39, 0.29) is 17.3 Å². The van der Waals surface area contributed by atoms with Gasteiger partial charge in [-0.2, -0.15) is 0 Å². The number of aliphatic hydroxyl groups is 1. The highest BCUT2D eigenvalue weighted by Crippen LogP contribution is 2.22. The minimum absolute atomic E-state index is 0.0357. The van der Waals surface area contributed by atoms with Crippen LogP contribution in [0.15, 0.2) is 18.2 Å². The first-order valence-electron chi connectivity index (χ1n) is 5.76. The molecule has 4 nitrogen and oxygen atoms in total. The number of amides is 2. The zero-order valence-corrected chi connectivity index (χ0v) is 10.5. The average molecular weight is 273 g/mol. The Morgan fingerprint density at radius 2 is 2.33 bits per heavy atom. The van der Waals surface area contributed by atoms with Crippen LogP contribution in [0, 0.1) is 5.82 Å². The molecule has 1 fully saturated rings. The van der Waals surface area contributed by atoms with Gasteiger partial charge in [-0.25, -0.2) is 9.18 Å². The maximum Gasteiger partial charge on any atom is 0.322 e. The molecule has 2 rings (SSSR count). The standard InChI is InChI=1S/C12H14ClFN2O2/c13-9-4-1-5-10(11(9)14)15-12(18)16-6-2-3-8(17)7-16/h1,4-5,8,17H,2-3,6-7H2,(H,15,18)/t8-/m0/s1. The third kappa shape index (κ3) is 2.91. The molecule has 0 radical (unpaired) electrons. The Hall–Kier alpha value is -1.33. The molecular weight excluding hydrogens is 259 g/mol. The van der Waals surface area contributed by atoms with E-state index in [1.807, 2.05) is 0 Å². The number of halogens is 2. The summed E-state index contributed by atoms with van der Waals surface area (Å²) in [5.41, 5.74) is 0.0487. The molecule has 0 bridgehead atoms. The molecule has 2 amide bonds. The van der Waals surface area contributed by atoms with E-state index in [1.165, 1.54) is 17.0 Å². The predicted octanol–water partition coefficient (Wildman–Crippen LogP) is 2.47. The smallest absolute Gasteiger partial charge is 0.322 e. The number of aliphatic hydroxyl groups excluding tert-OH is 1. The first-order chi connectivity index (χ1) is 8.58. The van der Waals surface area contributed by atoms with Gasteiger partial charge in [-0.3, -0.25) is 0 Å². The lowest BCUT2D eigenvalue weighted by molar-refractivity contribution is 0.0883. The molecular formula is C12H14ClFN2O2. The van der Waals surface area contributed by atoms with E-state index in [0.717, 1.165) is 6.42 Å². The van der Waals surface area contributed by atoms with Crippen LogP contribution in [0.2, 0.25) is 5.02 Å². The SMILES string of the molecule is O=C(Nc1cccc(Cl)c1F)N1CCC[C@H](O)C1. The monoisotopic (exact) mass is 272 g/mol. The number of rotatable bonds is 1. The fraction of sp³-hybridized carbons (Fsp3) is 0.417. The predicted molar refractivity (Wildman–Crippen MR) is 67.2 cm³/mol. The Kier molecular flexibility index (Phi) is 4.04. The van der Waals surface area contributed by atoms with Gasteiger partial charge in [0.2, 0.25) is 0 Å². The van der Waals surface area contributed by atoms with Gasteiger partial charge in [0.05, 0.1) is 16.8 Å². The van der Waals surface area contributed by atoms with Crippen molar-refractivity contribution in [3.8, 4) is 0 Å². The van der Waals surface area contributed by atoms with Gasteiger partial charge in [0.25, 0.3) is 0 Å². The normalized spacial score (nSPS) is 19.7. The van der Waals surface area contributed by atoms with E-state index < -0.39 is 18.0 Å². The number of β-amino-alcohol motifs (C(OH)–C–C–N with tert-alkyl or cyclic N) is 1. The quantitative estimate of drug-likeness (QED) is 0.825. The number of nitrogens with one attached hydrogen (secondary N) is 1. The first kappa shape index (κ1) is 13.1. The van der Waals surface area contributed by atoms with E-state index in [0.29, 0.717) is 13.0 Å². The lowest BCUT2D eigenvalue weighted by Gasteiger charge is -2.30. The van der Waals surface area contributed by atoms with E-state index in [2.05, 4.69) is 5.32 Å². The van der Waals surface area contributed by atoms with Crippen LogP contribution < -0.4 is 5.32 Å². The molecule has 1 atom stereocenters. The van der Waals surface area contributed by atoms with Crippen LogP contribution in [-0.2, 0) is 0 Å². The molecule has 0 saturated carbocycles. The maximum absolute atomic E-state index is 13.6. The first-order valence-corrected chi connectivity index (χ1v) is 6.13. The van der Waals surface area contributed by atoms with Crippen molar-refractivity contribution >= 4 is 23.3 Å².